The van der Waals surface area contributed by atoms with Crippen LogP contribution < -0.4 is 5.32 Å². The number of carbonyl (C=O) groups excluding carboxylic acids is 1. The van der Waals surface area contributed by atoms with E-state index in [1.54, 1.807) is 11.3 Å². The highest BCUT2D eigenvalue weighted by Gasteiger charge is 2.55. The minimum absolute atomic E-state index is 0.134. The molecule has 4 heteroatoms. The second-order valence-corrected chi connectivity index (χ2v) is 6.62. The lowest BCUT2D eigenvalue weighted by Crippen LogP contribution is -2.44. The molecule has 4 rings (SSSR count). The van der Waals surface area contributed by atoms with Gasteiger partial charge in [0, 0.05) is 6.04 Å². The van der Waals surface area contributed by atoms with Crippen LogP contribution in [0, 0.1) is 0 Å². The first-order valence-corrected chi connectivity index (χ1v) is 7.87. The molecule has 1 N–H and O–H groups in total. The Balaban J connectivity index is 1.71. The fourth-order valence-electron chi connectivity index (χ4n) is 3.50. The van der Waals surface area contributed by atoms with Gasteiger partial charge in [0.2, 0.25) is 5.91 Å². The van der Waals surface area contributed by atoms with Crippen LogP contribution in [0.4, 0.5) is 0 Å². The summed E-state index contributed by atoms with van der Waals surface area (Å²) in [6.07, 6.45) is 6.93. The molecule has 2 heterocycles. The van der Waals surface area contributed by atoms with E-state index in [0.29, 0.717) is 11.9 Å². The molecule has 2 aliphatic carbocycles. The van der Waals surface area contributed by atoms with Gasteiger partial charge in [-0.2, -0.15) is 11.3 Å². The van der Waals surface area contributed by atoms with Crippen molar-refractivity contribution in [1.29, 1.82) is 0 Å². The lowest BCUT2D eigenvalue weighted by atomic mass is 9.98. The molecule has 3 aliphatic rings. The van der Waals surface area contributed by atoms with Crippen molar-refractivity contribution in [3.05, 3.63) is 22.4 Å². The molecular weight excluding hydrogens is 244 g/mol. The van der Waals surface area contributed by atoms with Crippen molar-refractivity contribution in [2.24, 2.45) is 0 Å². The summed E-state index contributed by atoms with van der Waals surface area (Å²) in [6, 6.07) is 2.65. The van der Waals surface area contributed by atoms with Gasteiger partial charge >= 0.3 is 0 Å². The molecule has 3 fully saturated rings. The summed E-state index contributed by atoms with van der Waals surface area (Å²) in [7, 11) is 0. The van der Waals surface area contributed by atoms with Gasteiger partial charge in [0.1, 0.15) is 6.17 Å². The summed E-state index contributed by atoms with van der Waals surface area (Å²) in [6.45, 7) is 0. The summed E-state index contributed by atoms with van der Waals surface area (Å²) >= 11 is 1.71. The van der Waals surface area contributed by atoms with Crippen molar-refractivity contribution in [3.8, 4) is 0 Å². The third kappa shape index (κ3) is 1.48. The Morgan fingerprint density at radius 3 is 2.72 bits per heavy atom. The average Bonchev–Trinajstić information content (AvgIpc) is 2.85. The molecule has 0 aromatic carbocycles. The molecule has 1 spiro atoms. The number of carbonyl (C=O) groups is 1. The second kappa shape index (κ2) is 3.81. The van der Waals surface area contributed by atoms with Gasteiger partial charge in [-0.3, -0.25) is 10.1 Å². The number of thiophene rings is 1. The zero-order valence-corrected chi connectivity index (χ0v) is 11.2. The first-order chi connectivity index (χ1) is 8.80. The van der Waals surface area contributed by atoms with Crippen LogP contribution in [0.2, 0.25) is 0 Å². The summed E-state index contributed by atoms with van der Waals surface area (Å²) in [4.78, 5) is 14.9. The van der Waals surface area contributed by atoms with Crippen LogP contribution in [0.15, 0.2) is 16.8 Å². The van der Waals surface area contributed by atoms with Crippen molar-refractivity contribution in [2.45, 2.75) is 56.3 Å². The maximum atomic E-state index is 12.8. The van der Waals surface area contributed by atoms with Crippen molar-refractivity contribution in [3.63, 3.8) is 0 Å². The Morgan fingerprint density at radius 2 is 2.11 bits per heavy atom. The quantitative estimate of drug-likeness (QED) is 0.888. The Morgan fingerprint density at radius 1 is 1.33 bits per heavy atom. The van der Waals surface area contributed by atoms with E-state index in [1.165, 1.54) is 31.2 Å². The van der Waals surface area contributed by atoms with Crippen LogP contribution in [0.1, 0.15) is 50.3 Å². The van der Waals surface area contributed by atoms with Crippen LogP contribution in [0.5, 0.6) is 0 Å². The van der Waals surface area contributed by atoms with E-state index in [9.17, 15) is 4.79 Å². The Kier molecular flexibility index (Phi) is 2.33. The highest BCUT2D eigenvalue weighted by Crippen LogP contribution is 2.45. The molecule has 1 unspecified atom stereocenters. The molecule has 3 nitrogen and oxygen atoms in total. The monoisotopic (exact) mass is 262 g/mol. The number of hydrogen-bond donors (Lipinski definition) is 1. The highest BCUT2D eigenvalue weighted by molar-refractivity contribution is 7.07. The van der Waals surface area contributed by atoms with E-state index < -0.39 is 0 Å². The molecule has 1 saturated heterocycles. The third-order valence-electron chi connectivity index (χ3n) is 4.59. The fraction of sp³-hybridized carbons (Fsp3) is 0.643. The van der Waals surface area contributed by atoms with Gasteiger partial charge < -0.3 is 4.90 Å². The lowest BCUT2D eigenvalue weighted by Gasteiger charge is -2.23. The minimum atomic E-state index is -0.227. The second-order valence-electron chi connectivity index (χ2n) is 5.84. The molecule has 0 bridgehead atoms. The summed E-state index contributed by atoms with van der Waals surface area (Å²) in [5.74, 6) is 0.374. The van der Waals surface area contributed by atoms with Crippen molar-refractivity contribution in [2.75, 3.05) is 0 Å². The Bertz CT molecular complexity index is 460. The molecule has 1 aliphatic heterocycles. The summed E-state index contributed by atoms with van der Waals surface area (Å²) < 4.78 is 0. The van der Waals surface area contributed by atoms with Gasteiger partial charge in [0.25, 0.3) is 0 Å². The van der Waals surface area contributed by atoms with E-state index in [2.05, 4.69) is 27.0 Å². The summed E-state index contributed by atoms with van der Waals surface area (Å²) in [5.41, 5.74) is 1.04. The normalized spacial score (nSPS) is 30.6. The van der Waals surface area contributed by atoms with Gasteiger partial charge in [0.05, 0.1) is 5.54 Å². The summed E-state index contributed by atoms with van der Waals surface area (Å²) in [5, 5.41) is 7.95. The third-order valence-corrected chi connectivity index (χ3v) is 5.29. The van der Waals surface area contributed by atoms with Crippen LogP contribution in [0.3, 0.4) is 0 Å². The molecule has 0 radical (unpaired) electrons. The molecule has 96 valence electrons. The Hall–Kier alpha value is -0.870. The lowest BCUT2D eigenvalue weighted by molar-refractivity contribution is -0.133. The van der Waals surface area contributed by atoms with Gasteiger partial charge in [-0.1, -0.05) is 12.8 Å². The standard InChI is InChI=1S/C14H18N2OS/c17-13-14(6-1-2-7-14)15-12(10-5-8-18-9-10)16(13)11-3-4-11/h5,8-9,11-12,15H,1-4,6-7H2. The van der Waals surface area contributed by atoms with Crippen LogP contribution in [-0.2, 0) is 4.79 Å². The molecule has 18 heavy (non-hydrogen) atoms. The molecular formula is C14H18N2OS. The molecule has 1 aromatic heterocycles. The fourth-order valence-corrected chi connectivity index (χ4v) is 4.18. The van der Waals surface area contributed by atoms with Crippen molar-refractivity contribution >= 4 is 17.2 Å². The number of rotatable bonds is 2. The largest absolute Gasteiger partial charge is 0.318 e. The molecule has 1 atom stereocenters. The Labute approximate surface area is 111 Å². The number of nitrogens with zero attached hydrogens (tertiary/aromatic N) is 1. The average molecular weight is 262 g/mol. The minimum Gasteiger partial charge on any atom is -0.318 e. The van der Waals surface area contributed by atoms with Crippen molar-refractivity contribution < 1.29 is 4.79 Å². The first-order valence-electron chi connectivity index (χ1n) is 6.93. The zero-order chi connectivity index (χ0) is 12.2. The number of amides is 1. The SMILES string of the molecule is O=C1N(C2CC2)C(c2ccsc2)NC12CCCC2. The predicted molar refractivity (Wildman–Crippen MR) is 71.3 cm³/mol. The molecule has 1 aromatic rings. The van der Waals surface area contributed by atoms with Gasteiger partial charge in [-0.25, -0.2) is 0 Å². The van der Waals surface area contributed by atoms with Crippen LogP contribution >= 0.6 is 11.3 Å². The maximum absolute atomic E-state index is 12.8. The predicted octanol–water partition coefficient (Wildman–Crippen LogP) is 2.65. The molecule has 1 amide bonds. The van der Waals surface area contributed by atoms with E-state index in [-0.39, 0.29) is 11.7 Å². The first kappa shape index (κ1) is 11.0. The van der Waals surface area contributed by atoms with Crippen molar-refractivity contribution in [1.82, 2.24) is 10.2 Å². The van der Waals surface area contributed by atoms with E-state index in [0.717, 1.165) is 12.8 Å². The number of nitrogens with one attached hydrogen (secondary N) is 1. The van der Waals surface area contributed by atoms with Gasteiger partial charge in [-0.15, -0.1) is 0 Å². The topological polar surface area (TPSA) is 32.3 Å². The van der Waals surface area contributed by atoms with E-state index >= 15 is 0 Å². The van der Waals surface area contributed by atoms with Gasteiger partial charge in [0.15, 0.2) is 0 Å². The number of hydrogen-bond acceptors (Lipinski definition) is 3. The van der Waals surface area contributed by atoms with E-state index in [4.69, 9.17) is 0 Å². The molecule has 2 saturated carbocycles. The smallest absolute Gasteiger partial charge is 0.244 e. The maximum Gasteiger partial charge on any atom is 0.244 e. The van der Waals surface area contributed by atoms with E-state index in [1.807, 2.05) is 0 Å². The van der Waals surface area contributed by atoms with Crippen LogP contribution in [0.25, 0.3) is 0 Å². The van der Waals surface area contributed by atoms with Crippen LogP contribution in [-0.4, -0.2) is 22.4 Å². The zero-order valence-electron chi connectivity index (χ0n) is 10.4. The van der Waals surface area contributed by atoms with Gasteiger partial charge in [-0.05, 0) is 48.1 Å². The highest BCUT2D eigenvalue weighted by atomic mass is 32.1.